The number of hydrogen-bond acceptors (Lipinski definition) is 31. The Morgan fingerprint density at radius 2 is 0.602 bits per heavy atom. The molecule has 0 unspecified atom stereocenters. The van der Waals surface area contributed by atoms with Crippen molar-refractivity contribution in [2.75, 3.05) is 162 Å². The number of pyridine rings is 5. The van der Waals surface area contributed by atoms with Crippen molar-refractivity contribution >= 4 is 126 Å². The van der Waals surface area contributed by atoms with Crippen LogP contribution < -0.4 is 30.2 Å². The quantitative estimate of drug-likeness (QED) is 0.0374. The van der Waals surface area contributed by atoms with Crippen LogP contribution in [-0.4, -0.2) is 227 Å². The van der Waals surface area contributed by atoms with E-state index in [1.165, 1.54) is 12.1 Å². The molecular formula is C96H92N22O10. The van der Waals surface area contributed by atoms with Gasteiger partial charge in [-0.15, -0.1) is 0 Å². The van der Waals surface area contributed by atoms with E-state index >= 15 is 0 Å². The number of aromatic hydroxyl groups is 2. The molecule has 5 saturated heterocycles. The Morgan fingerprint density at radius 1 is 0.336 bits per heavy atom. The van der Waals surface area contributed by atoms with Gasteiger partial charge in [0.1, 0.15) is 39.1 Å². The van der Waals surface area contributed by atoms with E-state index in [1.54, 1.807) is 104 Å². The highest BCUT2D eigenvalue weighted by Gasteiger charge is 2.27. The van der Waals surface area contributed by atoms with Crippen molar-refractivity contribution in [2.45, 2.75) is 6.61 Å². The van der Waals surface area contributed by atoms with Gasteiger partial charge in [-0.2, -0.15) is 0 Å². The number of nitro benzene ring substituents is 1. The van der Waals surface area contributed by atoms with Gasteiger partial charge in [0.05, 0.1) is 105 Å². The predicted molar refractivity (Wildman–Crippen MR) is 500 cm³/mol. The lowest BCUT2D eigenvalue weighted by atomic mass is 10.1. The van der Waals surface area contributed by atoms with Crippen molar-refractivity contribution in [3.8, 4) is 68.4 Å². The molecule has 0 radical (unpaired) electrons. The molecule has 10 aromatic heterocycles. The fourth-order valence-electron chi connectivity index (χ4n) is 14.7. The molecule has 0 saturated carbocycles. The largest absolute Gasteiger partial charge is 0.508 e. The summed E-state index contributed by atoms with van der Waals surface area (Å²) in [7, 11) is 0. The van der Waals surface area contributed by atoms with Gasteiger partial charge >= 0.3 is 0 Å². The standard InChI is InChI=1S/C20H20N4O2.C19H17N5O3.C19H19N5O.2C19H18N4O2/c1-2-14-11-17-18(21-12-14)20(24-6-8-26-9-7-24)23-19(22-17)16-5-3-4-15(10-16)13-25;1-2-13-11-16-17(20-12-13)19(23-7-9-27-10-8-23)22-18(21-16)14-3-5-15(6-4-14)24(25)26;1-2-13-11-16-17(21-12-13)19(24-7-9-25-10-8-24)23-18(22-16)14-3-5-15(20)6-4-14;1-2-13-11-16-17(20-12-13)19(23-7-9-25-10-8-23)22-18(21-16)14-3-5-15(24)6-4-14;1-2-13-10-16-17(20-12-13)19(23-6-8-25-9-7-23)22-18(21-16)14-4-3-5-15(24)11-14/h2-5,10-12,25H,1,6-9,13H2;2-6,11-12H,1,7-10H2;2-6,11-12H,1,7-10,20H2;2-6,11-12,24H,1,7-10H2;2-5,10-12,24H,1,6-9H2. The number of hydrogen-bond donors (Lipinski definition) is 4. The van der Waals surface area contributed by atoms with E-state index in [9.17, 15) is 25.4 Å². The number of nitrogen functional groups attached to an aromatic ring is 1. The lowest BCUT2D eigenvalue weighted by Gasteiger charge is -2.28. The second-order valence-corrected chi connectivity index (χ2v) is 29.9. The summed E-state index contributed by atoms with van der Waals surface area (Å²) < 4.78 is 27.3. The Morgan fingerprint density at radius 3 is 0.875 bits per heavy atom. The summed E-state index contributed by atoms with van der Waals surface area (Å²) in [4.78, 5) is 91.4. The molecule has 5 aliphatic heterocycles. The average molecular weight is 1710 g/mol. The molecule has 128 heavy (non-hydrogen) atoms. The van der Waals surface area contributed by atoms with E-state index in [4.69, 9.17) is 64.3 Å². The van der Waals surface area contributed by atoms with E-state index in [0.29, 0.717) is 117 Å². The fraction of sp³-hybridized carbons (Fsp3) is 0.219. The van der Waals surface area contributed by atoms with Crippen LogP contribution in [0.15, 0.2) is 216 Å². The summed E-state index contributed by atoms with van der Waals surface area (Å²) in [6.45, 7) is 33.3. The third-order valence-electron chi connectivity index (χ3n) is 21.5. The molecular weight excluding hydrogens is 1620 g/mol. The van der Waals surface area contributed by atoms with Crippen LogP contribution >= 0.6 is 0 Å². The number of fused-ring (bicyclic) bond motifs is 5. The summed E-state index contributed by atoms with van der Waals surface area (Å²) in [5, 5.41) is 39.6. The average Bonchev–Trinajstić information content (AvgIpc) is 0.797. The first kappa shape index (κ1) is 86.3. The van der Waals surface area contributed by atoms with Crippen molar-refractivity contribution in [2.24, 2.45) is 0 Å². The number of ether oxygens (including phenoxy) is 5. The number of aromatic nitrogens is 15. The molecule has 5 N–H and O–H groups in total. The summed E-state index contributed by atoms with van der Waals surface area (Å²) in [6.07, 6.45) is 17.6. The Bertz CT molecular complexity index is 6410. The first-order valence-electron chi connectivity index (χ1n) is 41.7. The van der Waals surface area contributed by atoms with Gasteiger partial charge in [0.15, 0.2) is 58.2 Å². The zero-order valence-corrected chi connectivity index (χ0v) is 70.3. The van der Waals surface area contributed by atoms with Crippen LogP contribution in [0.1, 0.15) is 33.4 Å². The molecule has 0 atom stereocenters. The predicted octanol–water partition coefficient (Wildman–Crippen LogP) is 14.3. The number of non-ortho nitro benzene ring substituents is 1. The molecule has 32 nitrogen and oxygen atoms in total. The van der Waals surface area contributed by atoms with Gasteiger partial charge < -0.3 is 69.2 Å². The van der Waals surface area contributed by atoms with Crippen molar-refractivity contribution in [1.29, 1.82) is 0 Å². The van der Waals surface area contributed by atoms with E-state index in [1.807, 2.05) is 97.1 Å². The minimum absolute atomic E-state index is 0.0140. The number of aliphatic hydroxyl groups excluding tert-OH is 1. The number of nitrogens with two attached hydrogens (primary N) is 1. The third-order valence-corrected chi connectivity index (χ3v) is 21.5. The minimum atomic E-state index is -0.426. The van der Waals surface area contributed by atoms with Crippen molar-refractivity contribution in [3.63, 3.8) is 0 Å². The molecule has 0 spiro atoms. The van der Waals surface area contributed by atoms with Gasteiger partial charge in [-0.25, -0.2) is 49.8 Å². The molecule has 5 aromatic carbocycles. The summed E-state index contributed by atoms with van der Waals surface area (Å²) in [5.74, 6) is 7.37. The minimum Gasteiger partial charge on any atom is -0.508 e. The second-order valence-electron chi connectivity index (χ2n) is 29.9. The number of morpholine rings is 5. The molecule has 15 heterocycles. The van der Waals surface area contributed by atoms with Crippen LogP contribution in [0.4, 0.5) is 40.5 Å². The number of benzene rings is 5. The van der Waals surface area contributed by atoms with E-state index in [-0.39, 0.29) is 23.8 Å². The molecule has 5 fully saturated rings. The van der Waals surface area contributed by atoms with Gasteiger partial charge in [0.25, 0.3) is 5.69 Å². The van der Waals surface area contributed by atoms with E-state index < -0.39 is 4.92 Å². The number of nitro groups is 1. The number of phenolic OH excluding ortho intramolecular Hbond substituents is 2. The van der Waals surface area contributed by atoms with Crippen LogP contribution in [0.2, 0.25) is 0 Å². The maximum Gasteiger partial charge on any atom is 0.269 e. The molecule has 0 bridgehead atoms. The van der Waals surface area contributed by atoms with Gasteiger partial charge in [0.2, 0.25) is 0 Å². The lowest BCUT2D eigenvalue weighted by Crippen LogP contribution is -2.37. The monoisotopic (exact) mass is 1710 g/mol. The molecule has 0 amide bonds. The Balaban J connectivity index is 0.000000118. The zero-order chi connectivity index (χ0) is 88.4. The number of phenols is 2. The van der Waals surface area contributed by atoms with E-state index in [2.05, 4.69) is 97.3 Å². The molecule has 0 aliphatic carbocycles. The van der Waals surface area contributed by atoms with Gasteiger partial charge in [0, 0.05) is 142 Å². The zero-order valence-electron chi connectivity index (χ0n) is 70.3. The Hall–Kier alpha value is -15.2. The SMILES string of the molecule is C=Cc1cnc2c(N3CCOCC3)nc(-c3ccc(N)cc3)nc2c1.C=Cc1cnc2c(N3CCOCC3)nc(-c3ccc(O)cc3)nc2c1.C=Cc1cnc2c(N3CCOCC3)nc(-c3ccc([N+](=O)[O-])cc3)nc2c1.C=Cc1cnc2c(N3CCOCC3)nc(-c3cccc(CO)c3)nc2c1.C=Cc1cnc2c(N3CCOCC3)nc(-c3cccc(O)c3)nc2c1. The topological polar surface area (TPSA) is 386 Å². The van der Waals surface area contributed by atoms with Crippen LogP contribution in [0.3, 0.4) is 0 Å². The van der Waals surface area contributed by atoms with Crippen molar-refractivity contribution in [1.82, 2.24) is 74.8 Å². The summed E-state index contributed by atoms with van der Waals surface area (Å²) in [5.41, 5.74) is 23.7. The molecule has 20 rings (SSSR count). The van der Waals surface area contributed by atoms with Crippen LogP contribution in [0.5, 0.6) is 11.5 Å². The fourth-order valence-corrected chi connectivity index (χ4v) is 14.7. The van der Waals surface area contributed by atoms with Crippen LogP contribution in [0.25, 0.3) is 142 Å². The van der Waals surface area contributed by atoms with Crippen LogP contribution in [-0.2, 0) is 30.3 Å². The van der Waals surface area contributed by atoms with Crippen molar-refractivity contribution < 1.29 is 43.9 Å². The lowest BCUT2D eigenvalue weighted by molar-refractivity contribution is -0.384. The molecule has 5 aliphatic rings. The molecule has 15 aromatic rings. The highest BCUT2D eigenvalue weighted by atomic mass is 16.6. The highest BCUT2D eigenvalue weighted by Crippen LogP contribution is 2.36. The van der Waals surface area contributed by atoms with Crippen molar-refractivity contribution in [3.05, 3.63) is 259 Å². The number of nitrogens with zero attached hydrogens (tertiary/aromatic N) is 21. The first-order valence-corrected chi connectivity index (χ1v) is 41.7. The molecule has 646 valence electrons. The van der Waals surface area contributed by atoms with Crippen LogP contribution in [0, 0.1) is 10.1 Å². The van der Waals surface area contributed by atoms with Gasteiger partial charge in [-0.3, -0.25) is 35.0 Å². The van der Waals surface area contributed by atoms with E-state index in [0.717, 1.165) is 194 Å². The normalized spacial score (nSPS) is 14.6. The highest BCUT2D eigenvalue weighted by molar-refractivity contribution is 5.93. The number of aliphatic hydroxyl groups is 1. The molecule has 32 heteroatoms. The summed E-state index contributed by atoms with van der Waals surface area (Å²) >= 11 is 0. The first-order chi connectivity index (χ1) is 62.7. The second kappa shape index (κ2) is 40.6. The Kier molecular flexibility index (Phi) is 27.4. The van der Waals surface area contributed by atoms with Gasteiger partial charge in [-0.05, 0) is 143 Å². The summed E-state index contributed by atoms with van der Waals surface area (Å²) in [6, 6.07) is 45.1. The number of anilines is 6. The maximum atomic E-state index is 10.9. The third kappa shape index (κ3) is 20.4. The smallest absolute Gasteiger partial charge is 0.269 e. The number of rotatable bonds is 17. The Labute approximate surface area is 736 Å². The van der Waals surface area contributed by atoms with Gasteiger partial charge in [-0.1, -0.05) is 93.6 Å². The maximum absolute atomic E-state index is 10.9.